The summed E-state index contributed by atoms with van der Waals surface area (Å²) < 4.78 is 1.98. The van der Waals surface area contributed by atoms with E-state index in [1.54, 1.807) is 50.0 Å². The molecule has 0 atom stereocenters. The number of nitrogens with one attached hydrogen (secondary N) is 2. The lowest BCUT2D eigenvalue weighted by Gasteiger charge is -2.06. The van der Waals surface area contributed by atoms with E-state index in [-0.39, 0.29) is 0 Å². The Morgan fingerprint density at radius 3 is 2.68 bits per heavy atom. The van der Waals surface area contributed by atoms with Crippen molar-refractivity contribution in [3.8, 4) is 6.07 Å². The first kappa shape index (κ1) is 20.8. The molecule has 2 aromatic carbocycles. The molecule has 4 N–H and O–H groups in total. The van der Waals surface area contributed by atoms with Crippen LogP contribution >= 0.6 is 0 Å². The average molecular weight is 381 g/mol. The second-order valence-corrected chi connectivity index (χ2v) is 5.81. The zero-order valence-corrected chi connectivity index (χ0v) is 16.0. The van der Waals surface area contributed by atoms with E-state index in [4.69, 9.17) is 4.84 Å². The molecule has 144 valence electrons. The van der Waals surface area contributed by atoms with Gasteiger partial charge in [-0.3, -0.25) is 4.79 Å². The Morgan fingerprint density at radius 2 is 2.11 bits per heavy atom. The van der Waals surface area contributed by atoms with Crippen LogP contribution < -0.4 is 16.0 Å². The molecule has 1 aromatic heterocycles. The number of anilines is 1. The van der Waals surface area contributed by atoms with Crippen molar-refractivity contribution in [1.82, 2.24) is 4.57 Å². The van der Waals surface area contributed by atoms with E-state index in [2.05, 4.69) is 11.4 Å². The third kappa shape index (κ3) is 4.40. The molecule has 0 radical (unpaired) electrons. The van der Waals surface area contributed by atoms with Gasteiger partial charge in [0.05, 0.1) is 12.6 Å². The lowest BCUT2D eigenvalue weighted by atomic mass is 10.1. The van der Waals surface area contributed by atoms with Crippen LogP contribution in [0.15, 0.2) is 42.5 Å². The molecule has 0 aliphatic heterocycles. The van der Waals surface area contributed by atoms with Gasteiger partial charge in [-0.1, -0.05) is 12.1 Å². The Morgan fingerprint density at radius 1 is 1.32 bits per heavy atom. The number of quaternary nitrogens is 1. The molecule has 3 aromatic rings. The number of nitrogens with zero attached hydrogens (tertiary/aromatic N) is 2. The fourth-order valence-electron chi connectivity index (χ4n) is 2.96. The van der Waals surface area contributed by atoms with Gasteiger partial charge in [0, 0.05) is 58.9 Å². The minimum atomic E-state index is 0.497. The van der Waals surface area contributed by atoms with Gasteiger partial charge in [0.15, 0.2) is 5.69 Å². The molecule has 0 aliphatic rings. The highest BCUT2D eigenvalue weighted by atomic mass is 16.6. The largest absolute Gasteiger partial charge is 0.373 e. The van der Waals surface area contributed by atoms with Crippen LogP contribution in [0.1, 0.15) is 22.8 Å². The molecule has 0 aliphatic carbocycles. The molecule has 0 unspecified atom stereocenters. The number of fused-ring (bicyclic) bond motifs is 1. The third-order valence-electron chi connectivity index (χ3n) is 4.15. The van der Waals surface area contributed by atoms with Gasteiger partial charge in [0.2, 0.25) is 0 Å². The molecule has 1 heterocycles. The van der Waals surface area contributed by atoms with Crippen LogP contribution in [0.25, 0.3) is 10.9 Å². The molecule has 3 rings (SSSR count). The average Bonchev–Trinajstić information content (AvgIpc) is 3.06. The summed E-state index contributed by atoms with van der Waals surface area (Å²) in [7, 11) is 3.36. The minimum absolute atomic E-state index is 0.497. The number of aldehydes is 1. The SMILES string of the molecule is CCn1c(NC)c(C#N)c2ccc([NH+]=O)cc21.CO[NH2+]c1cccc(C=O)c1. The number of nitriles is 1. The standard InChI is InChI=1S/C12H12N4O.C8H9NO2/c1-3-16-11-6-8(15-17)4-5-9(11)10(7-13)12(16)14-2;1-11-9-8-4-2-3-7(5-8)6-10/h4-6,14H,3H2,1-2H3;2-6,9H,1H3/p+2. The van der Waals surface area contributed by atoms with Gasteiger partial charge in [0.1, 0.15) is 23.7 Å². The number of rotatable bonds is 6. The summed E-state index contributed by atoms with van der Waals surface area (Å²) >= 11 is 0. The van der Waals surface area contributed by atoms with Crippen molar-refractivity contribution in [2.24, 2.45) is 0 Å². The molecular formula is C20H23N5O3+2. The number of nitroso groups, excluding NO2 is 1. The first-order valence-corrected chi connectivity index (χ1v) is 8.66. The van der Waals surface area contributed by atoms with Crippen molar-refractivity contribution in [2.45, 2.75) is 13.5 Å². The van der Waals surface area contributed by atoms with E-state index < -0.39 is 0 Å². The van der Waals surface area contributed by atoms with Gasteiger partial charge in [-0.2, -0.15) is 10.7 Å². The highest BCUT2D eigenvalue weighted by molar-refractivity contribution is 5.93. The summed E-state index contributed by atoms with van der Waals surface area (Å²) in [5, 5.41) is 15.0. The second kappa shape index (κ2) is 9.97. The van der Waals surface area contributed by atoms with Crippen molar-refractivity contribution in [1.29, 1.82) is 5.26 Å². The summed E-state index contributed by atoms with van der Waals surface area (Å²) in [4.78, 5) is 25.8. The zero-order valence-electron chi connectivity index (χ0n) is 16.0. The molecule has 8 heteroatoms. The smallest absolute Gasteiger partial charge is 0.255 e. The number of carbonyl (C=O) groups is 1. The molecular weight excluding hydrogens is 358 g/mol. The predicted molar refractivity (Wildman–Crippen MR) is 106 cm³/mol. The fourth-order valence-corrected chi connectivity index (χ4v) is 2.96. The van der Waals surface area contributed by atoms with Crippen molar-refractivity contribution < 1.29 is 20.3 Å². The Bertz CT molecular complexity index is 1020. The lowest BCUT2D eigenvalue weighted by molar-refractivity contribution is -0.830. The van der Waals surface area contributed by atoms with Crippen molar-refractivity contribution in [3.05, 3.63) is 58.5 Å². The van der Waals surface area contributed by atoms with Crippen molar-refractivity contribution in [3.63, 3.8) is 0 Å². The van der Waals surface area contributed by atoms with Crippen LogP contribution in [0.5, 0.6) is 0 Å². The summed E-state index contributed by atoms with van der Waals surface area (Å²) in [6, 6.07) is 14.6. The van der Waals surface area contributed by atoms with Gasteiger partial charge in [-0.05, 0) is 13.0 Å². The summed E-state index contributed by atoms with van der Waals surface area (Å²) in [6.45, 7) is 2.73. The Kier molecular flexibility index (Phi) is 7.39. The van der Waals surface area contributed by atoms with Crippen LogP contribution in [-0.4, -0.2) is 25.0 Å². The normalized spacial score (nSPS) is 9.93. The summed E-state index contributed by atoms with van der Waals surface area (Å²) in [5.41, 5.74) is 5.15. The highest BCUT2D eigenvalue weighted by Gasteiger charge is 2.16. The highest BCUT2D eigenvalue weighted by Crippen LogP contribution is 2.30. The van der Waals surface area contributed by atoms with E-state index in [1.807, 2.05) is 28.8 Å². The first-order chi connectivity index (χ1) is 13.6. The maximum Gasteiger partial charge on any atom is 0.255 e. The Hall–Kier alpha value is -3.54. The molecule has 0 saturated heterocycles. The lowest BCUT2D eigenvalue weighted by Crippen LogP contribution is -2.75. The maximum absolute atomic E-state index is 10.7. The van der Waals surface area contributed by atoms with Crippen LogP contribution in [0.2, 0.25) is 0 Å². The van der Waals surface area contributed by atoms with E-state index >= 15 is 0 Å². The molecule has 8 nitrogen and oxygen atoms in total. The number of carbonyl (C=O) groups excluding carboxylic acids is 1. The van der Waals surface area contributed by atoms with E-state index in [0.717, 1.165) is 35.2 Å². The molecule has 0 fully saturated rings. The quantitative estimate of drug-likeness (QED) is 0.338. The number of hydrogen-bond acceptors (Lipinski definition) is 5. The van der Waals surface area contributed by atoms with Gasteiger partial charge < -0.3 is 9.88 Å². The number of hydrogen-bond donors (Lipinski definition) is 3. The van der Waals surface area contributed by atoms with E-state index in [1.165, 1.54) is 0 Å². The number of aromatic nitrogens is 1. The number of aryl methyl sites for hydroxylation is 1. The van der Waals surface area contributed by atoms with Crippen LogP contribution in [0.3, 0.4) is 0 Å². The number of benzene rings is 2. The van der Waals surface area contributed by atoms with Crippen LogP contribution in [0.4, 0.5) is 17.2 Å². The van der Waals surface area contributed by atoms with Crippen molar-refractivity contribution >= 4 is 34.4 Å². The summed E-state index contributed by atoms with van der Waals surface area (Å²) in [6.07, 6.45) is 0.812. The van der Waals surface area contributed by atoms with E-state index in [0.29, 0.717) is 16.8 Å². The fraction of sp³-hybridized carbons (Fsp3) is 0.200. The first-order valence-electron chi connectivity index (χ1n) is 8.66. The van der Waals surface area contributed by atoms with Gasteiger partial charge in [-0.15, -0.1) is 0 Å². The van der Waals surface area contributed by atoms with Gasteiger partial charge >= 0.3 is 0 Å². The van der Waals surface area contributed by atoms with E-state index in [9.17, 15) is 15.0 Å². The Labute approximate surface area is 162 Å². The molecule has 0 spiro atoms. The summed E-state index contributed by atoms with van der Waals surface area (Å²) in [5.74, 6) is 0.785. The number of nitrogens with two attached hydrogens (primary N) is 1. The molecule has 28 heavy (non-hydrogen) atoms. The molecule has 0 amide bonds. The third-order valence-corrected chi connectivity index (χ3v) is 4.15. The predicted octanol–water partition coefficient (Wildman–Crippen LogP) is 1.31. The minimum Gasteiger partial charge on any atom is -0.373 e. The Balaban J connectivity index is 0.000000221. The molecule has 0 saturated carbocycles. The van der Waals surface area contributed by atoms with Crippen LogP contribution in [-0.2, 0) is 11.4 Å². The topological polar surface area (TPSA) is 115 Å². The van der Waals surface area contributed by atoms with Crippen molar-refractivity contribution in [2.75, 3.05) is 19.5 Å². The van der Waals surface area contributed by atoms with Gasteiger partial charge in [0.25, 0.3) is 5.69 Å². The monoisotopic (exact) mass is 381 g/mol. The van der Waals surface area contributed by atoms with Crippen LogP contribution in [0, 0.1) is 16.2 Å². The maximum atomic E-state index is 10.7. The second-order valence-electron chi connectivity index (χ2n) is 5.81. The molecule has 0 bridgehead atoms. The zero-order chi connectivity index (χ0) is 20.5. The van der Waals surface area contributed by atoms with Gasteiger partial charge in [-0.25, -0.2) is 4.84 Å².